The molecule has 0 heterocycles. The Hall–Kier alpha value is -0.740. The molecule has 0 saturated heterocycles. The second-order valence-electron chi connectivity index (χ2n) is 3.36. The van der Waals surface area contributed by atoms with Crippen LogP contribution in [0.3, 0.4) is 0 Å². The molecule has 15 heavy (non-hydrogen) atoms. The number of benzene rings is 1. The second-order valence-corrected chi connectivity index (χ2v) is 5.85. The first-order valence-electron chi connectivity index (χ1n) is 4.75. The van der Waals surface area contributed by atoms with Crippen molar-refractivity contribution in [1.82, 2.24) is 0 Å². The molecule has 0 aliphatic rings. The van der Waals surface area contributed by atoms with E-state index in [9.17, 15) is 8.42 Å². The van der Waals surface area contributed by atoms with Gasteiger partial charge in [0.15, 0.2) is 9.84 Å². The van der Waals surface area contributed by atoms with Crippen molar-refractivity contribution in [3.05, 3.63) is 23.2 Å². The van der Waals surface area contributed by atoms with Crippen molar-refractivity contribution in [2.45, 2.75) is 24.7 Å². The van der Waals surface area contributed by atoms with Crippen molar-refractivity contribution in [3.63, 3.8) is 0 Å². The lowest BCUT2D eigenvalue weighted by atomic mass is 10.3. The van der Waals surface area contributed by atoms with E-state index in [0.29, 0.717) is 12.1 Å². The molecule has 1 aromatic carbocycles. The Morgan fingerprint density at radius 2 is 2.07 bits per heavy atom. The lowest BCUT2D eigenvalue weighted by molar-refractivity contribution is 0.593. The summed E-state index contributed by atoms with van der Waals surface area (Å²) in [4.78, 5) is 0.173. The van der Waals surface area contributed by atoms with Gasteiger partial charge in [-0.15, -0.1) is 0 Å². The zero-order chi connectivity index (χ0) is 11.5. The molecule has 1 rings (SSSR count). The summed E-state index contributed by atoms with van der Waals surface area (Å²) in [6, 6.07) is 4.47. The molecule has 0 aliphatic carbocycles. The van der Waals surface area contributed by atoms with Gasteiger partial charge in [0.05, 0.1) is 15.7 Å². The number of hydrogen-bond donors (Lipinski definition) is 1. The lowest BCUT2D eigenvalue weighted by Gasteiger charge is -2.06. The van der Waals surface area contributed by atoms with Crippen molar-refractivity contribution < 1.29 is 8.42 Å². The predicted octanol–water partition coefficient (Wildman–Crippen LogP) is 2.50. The standard InChI is InChI=1S/C10H14ClNO2S/c1-2-3-6-15(13,14)10-5-4-8(12)7-9(10)11/h4-5,7H,2-3,6,12H2,1H3. The maximum absolute atomic E-state index is 11.8. The summed E-state index contributed by atoms with van der Waals surface area (Å²) in [7, 11) is -3.26. The minimum absolute atomic E-state index is 0.132. The van der Waals surface area contributed by atoms with Gasteiger partial charge in [-0.1, -0.05) is 24.9 Å². The van der Waals surface area contributed by atoms with Crippen molar-refractivity contribution >= 4 is 27.1 Å². The molecule has 0 unspecified atom stereocenters. The fraction of sp³-hybridized carbons (Fsp3) is 0.400. The molecule has 3 nitrogen and oxygen atoms in total. The van der Waals surface area contributed by atoms with Crippen molar-refractivity contribution in [3.8, 4) is 0 Å². The van der Waals surface area contributed by atoms with Crippen LogP contribution in [0.5, 0.6) is 0 Å². The Morgan fingerprint density at radius 3 is 2.60 bits per heavy atom. The maximum atomic E-state index is 11.8. The van der Waals surface area contributed by atoms with E-state index >= 15 is 0 Å². The summed E-state index contributed by atoms with van der Waals surface area (Å²) in [5, 5.41) is 0.200. The van der Waals surface area contributed by atoms with E-state index in [1.807, 2.05) is 6.92 Å². The highest BCUT2D eigenvalue weighted by atomic mass is 35.5. The molecule has 0 fully saturated rings. The van der Waals surface area contributed by atoms with Crippen LogP contribution in [0, 0.1) is 0 Å². The van der Waals surface area contributed by atoms with Crippen molar-refractivity contribution in [2.75, 3.05) is 11.5 Å². The number of nitrogens with two attached hydrogens (primary N) is 1. The second kappa shape index (κ2) is 4.86. The smallest absolute Gasteiger partial charge is 0.179 e. The molecule has 0 radical (unpaired) electrons. The summed E-state index contributed by atoms with van der Waals surface area (Å²) in [5.41, 5.74) is 5.96. The first-order valence-corrected chi connectivity index (χ1v) is 6.78. The number of sulfone groups is 1. The van der Waals surface area contributed by atoms with Gasteiger partial charge in [-0.25, -0.2) is 8.42 Å². The van der Waals surface area contributed by atoms with Crippen LogP contribution in [-0.2, 0) is 9.84 Å². The number of halogens is 1. The molecule has 0 aliphatic heterocycles. The summed E-state index contributed by atoms with van der Waals surface area (Å²) in [5.74, 6) is 0.132. The summed E-state index contributed by atoms with van der Waals surface area (Å²) >= 11 is 5.83. The third-order valence-electron chi connectivity index (χ3n) is 2.06. The zero-order valence-electron chi connectivity index (χ0n) is 8.53. The van der Waals surface area contributed by atoms with Crippen LogP contribution in [0.4, 0.5) is 5.69 Å². The zero-order valence-corrected chi connectivity index (χ0v) is 10.1. The fourth-order valence-electron chi connectivity index (χ4n) is 1.21. The van der Waals surface area contributed by atoms with Crippen molar-refractivity contribution in [1.29, 1.82) is 0 Å². The van der Waals surface area contributed by atoms with Crippen LogP contribution in [0.2, 0.25) is 5.02 Å². The van der Waals surface area contributed by atoms with Gasteiger partial charge in [0.25, 0.3) is 0 Å². The van der Waals surface area contributed by atoms with E-state index in [2.05, 4.69) is 0 Å². The van der Waals surface area contributed by atoms with Crippen LogP contribution in [0.15, 0.2) is 23.1 Å². The van der Waals surface area contributed by atoms with Crippen LogP contribution in [-0.4, -0.2) is 14.2 Å². The van der Waals surface area contributed by atoms with Crippen LogP contribution in [0.1, 0.15) is 19.8 Å². The van der Waals surface area contributed by atoms with Gasteiger partial charge in [0.1, 0.15) is 0 Å². The Balaban J connectivity index is 3.05. The topological polar surface area (TPSA) is 60.2 Å². The van der Waals surface area contributed by atoms with E-state index in [1.165, 1.54) is 12.1 Å². The molecule has 0 bridgehead atoms. The van der Waals surface area contributed by atoms with Crippen molar-refractivity contribution in [2.24, 2.45) is 0 Å². The predicted molar refractivity (Wildman–Crippen MR) is 62.8 cm³/mol. The molecule has 84 valence electrons. The van der Waals surface area contributed by atoms with Gasteiger partial charge in [-0.05, 0) is 24.6 Å². The number of nitrogen functional groups attached to an aromatic ring is 1. The molecular weight excluding hydrogens is 234 g/mol. The monoisotopic (exact) mass is 247 g/mol. The first-order chi connectivity index (χ1) is 6.97. The Morgan fingerprint density at radius 1 is 1.40 bits per heavy atom. The lowest BCUT2D eigenvalue weighted by Crippen LogP contribution is -2.07. The third kappa shape index (κ3) is 3.11. The molecule has 0 saturated carbocycles. The van der Waals surface area contributed by atoms with Gasteiger partial charge >= 0.3 is 0 Å². The van der Waals surface area contributed by atoms with Gasteiger partial charge in [-0.3, -0.25) is 0 Å². The van der Waals surface area contributed by atoms with E-state index in [4.69, 9.17) is 17.3 Å². The minimum Gasteiger partial charge on any atom is -0.399 e. The molecule has 2 N–H and O–H groups in total. The molecule has 5 heteroatoms. The van der Waals surface area contributed by atoms with Crippen LogP contribution in [0.25, 0.3) is 0 Å². The molecule has 1 aromatic rings. The molecule has 0 spiro atoms. The molecule has 0 amide bonds. The highest BCUT2D eigenvalue weighted by Gasteiger charge is 2.17. The largest absolute Gasteiger partial charge is 0.399 e. The Labute approximate surface area is 95.2 Å². The molecule has 0 atom stereocenters. The summed E-state index contributed by atoms with van der Waals surface area (Å²) < 4.78 is 23.6. The quantitative estimate of drug-likeness (QED) is 0.832. The third-order valence-corrected chi connectivity index (χ3v) is 4.33. The Bertz CT molecular complexity index is 443. The van der Waals surface area contributed by atoms with E-state index in [1.54, 1.807) is 6.07 Å². The summed E-state index contributed by atoms with van der Waals surface area (Å²) in [6.07, 6.45) is 1.48. The minimum atomic E-state index is -3.26. The van der Waals surface area contributed by atoms with E-state index in [0.717, 1.165) is 6.42 Å². The van der Waals surface area contributed by atoms with Gasteiger partial charge in [-0.2, -0.15) is 0 Å². The van der Waals surface area contributed by atoms with Gasteiger partial charge in [0.2, 0.25) is 0 Å². The highest BCUT2D eigenvalue weighted by Crippen LogP contribution is 2.25. The number of rotatable bonds is 4. The SMILES string of the molecule is CCCCS(=O)(=O)c1ccc(N)cc1Cl. The van der Waals surface area contributed by atoms with E-state index < -0.39 is 9.84 Å². The first kappa shape index (κ1) is 12.3. The molecule has 0 aromatic heterocycles. The maximum Gasteiger partial charge on any atom is 0.179 e. The Kier molecular flexibility index (Phi) is 3.99. The average Bonchev–Trinajstić information content (AvgIpc) is 2.14. The molecular formula is C10H14ClNO2S. The average molecular weight is 248 g/mol. The van der Waals surface area contributed by atoms with Crippen LogP contribution >= 0.6 is 11.6 Å². The number of hydrogen-bond acceptors (Lipinski definition) is 3. The normalized spacial score (nSPS) is 11.6. The number of anilines is 1. The highest BCUT2D eigenvalue weighted by molar-refractivity contribution is 7.91. The van der Waals surface area contributed by atoms with E-state index in [-0.39, 0.29) is 15.7 Å². The summed E-state index contributed by atoms with van der Waals surface area (Å²) in [6.45, 7) is 1.94. The van der Waals surface area contributed by atoms with Crippen LogP contribution < -0.4 is 5.73 Å². The number of unbranched alkanes of at least 4 members (excludes halogenated alkanes) is 1. The van der Waals surface area contributed by atoms with Gasteiger partial charge < -0.3 is 5.73 Å². The fourth-order valence-corrected chi connectivity index (χ4v) is 3.28. The van der Waals surface area contributed by atoms with Gasteiger partial charge in [0, 0.05) is 5.69 Å².